The molecule has 1 heterocycles. The van der Waals surface area contributed by atoms with Gasteiger partial charge in [-0.15, -0.1) is 0 Å². The molecule has 3 heteroatoms. The first-order chi connectivity index (χ1) is 9.16. The summed E-state index contributed by atoms with van der Waals surface area (Å²) in [5, 5.41) is 3.37. The maximum Gasteiger partial charge on any atom is 0.151 e. The van der Waals surface area contributed by atoms with E-state index in [2.05, 4.69) is 42.3 Å². The van der Waals surface area contributed by atoms with Crippen LogP contribution < -0.4 is 5.32 Å². The molecule has 19 heavy (non-hydrogen) atoms. The van der Waals surface area contributed by atoms with Crippen molar-refractivity contribution in [2.24, 2.45) is 0 Å². The van der Waals surface area contributed by atoms with Gasteiger partial charge in [-0.1, -0.05) is 18.2 Å². The number of rotatable bonds is 4. The number of Topliss-reactive ketones (excluding diaryl/α,β-unsaturated/α-hetero) is 1. The molecule has 0 amide bonds. The molecule has 1 aromatic rings. The lowest BCUT2D eigenvalue weighted by atomic mass is 9.98. The number of nitrogens with zero attached hydrogens (tertiary/aromatic N) is 1. The highest BCUT2D eigenvalue weighted by atomic mass is 16.1. The number of aryl methyl sites for hydroxylation is 2. The van der Waals surface area contributed by atoms with Gasteiger partial charge in [0.25, 0.3) is 0 Å². The van der Waals surface area contributed by atoms with Crippen molar-refractivity contribution >= 4 is 5.78 Å². The van der Waals surface area contributed by atoms with Crippen molar-refractivity contribution in [2.45, 2.75) is 26.7 Å². The summed E-state index contributed by atoms with van der Waals surface area (Å²) in [6, 6.07) is 6.23. The van der Waals surface area contributed by atoms with Crippen molar-refractivity contribution in [3.8, 4) is 0 Å². The molecule has 0 aromatic heterocycles. The minimum Gasteiger partial charge on any atom is -0.315 e. The van der Waals surface area contributed by atoms with Gasteiger partial charge in [-0.25, -0.2) is 0 Å². The number of benzene rings is 1. The van der Waals surface area contributed by atoms with Crippen molar-refractivity contribution in [1.29, 1.82) is 0 Å². The first-order valence-corrected chi connectivity index (χ1v) is 7.16. The van der Waals surface area contributed by atoms with Gasteiger partial charge in [0.1, 0.15) is 0 Å². The van der Waals surface area contributed by atoms with E-state index >= 15 is 0 Å². The van der Waals surface area contributed by atoms with Gasteiger partial charge < -0.3 is 5.32 Å². The van der Waals surface area contributed by atoms with Crippen LogP contribution in [-0.4, -0.2) is 43.4 Å². The number of hydrogen-bond donors (Lipinski definition) is 1. The summed E-state index contributed by atoms with van der Waals surface area (Å²) in [4.78, 5) is 14.5. The highest BCUT2D eigenvalue weighted by Crippen LogP contribution is 2.14. The summed E-state index contributed by atoms with van der Waals surface area (Å²) in [6.45, 7) is 8.86. The van der Waals surface area contributed by atoms with E-state index in [9.17, 15) is 4.79 Å². The van der Waals surface area contributed by atoms with E-state index in [4.69, 9.17) is 0 Å². The third kappa shape index (κ3) is 4.15. The highest BCUT2D eigenvalue weighted by molar-refractivity contribution is 5.83. The average molecular weight is 260 g/mol. The van der Waals surface area contributed by atoms with E-state index in [1.165, 1.54) is 16.7 Å². The lowest BCUT2D eigenvalue weighted by Gasteiger charge is -2.19. The SMILES string of the molecule is Cc1cccc(C)c1CC(=O)CN1CCCNCC1. The Bertz CT molecular complexity index is 414. The molecule has 0 atom stereocenters. The zero-order chi connectivity index (χ0) is 13.7. The Kier molecular flexibility index (Phi) is 5.11. The molecule has 3 nitrogen and oxygen atoms in total. The monoisotopic (exact) mass is 260 g/mol. The third-order valence-corrected chi connectivity index (χ3v) is 3.85. The number of ketones is 1. The topological polar surface area (TPSA) is 32.3 Å². The molecule has 0 saturated carbocycles. The number of nitrogens with one attached hydrogen (secondary N) is 1. The molecule has 1 aliphatic rings. The number of hydrogen-bond acceptors (Lipinski definition) is 3. The largest absolute Gasteiger partial charge is 0.315 e. The molecule has 1 fully saturated rings. The average Bonchev–Trinajstić information content (AvgIpc) is 2.63. The lowest BCUT2D eigenvalue weighted by molar-refractivity contribution is -0.119. The van der Waals surface area contributed by atoms with Gasteiger partial charge >= 0.3 is 0 Å². The van der Waals surface area contributed by atoms with Crippen LogP contribution in [0.2, 0.25) is 0 Å². The Morgan fingerprint density at radius 3 is 2.68 bits per heavy atom. The predicted octanol–water partition coefficient (Wildman–Crippen LogP) is 1.71. The molecule has 0 bridgehead atoms. The molecule has 0 unspecified atom stereocenters. The van der Waals surface area contributed by atoms with Crippen LogP contribution in [0.3, 0.4) is 0 Å². The van der Waals surface area contributed by atoms with Crippen molar-refractivity contribution < 1.29 is 4.79 Å². The zero-order valence-corrected chi connectivity index (χ0v) is 12.0. The van der Waals surface area contributed by atoms with Gasteiger partial charge in [0.2, 0.25) is 0 Å². The minimum atomic E-state index is 0.333. The molecular weight excluding hydrogens is 236 g/mol. The van der Waals surface area contributed by atoms with Gasteiger partial charge in [-0.05, 0) is 50.0 Å². The summed E-state index contributed by atoms with van der Waals surface area (Å²) in [7, 11) is 0. The molecule has 1 aliphatic heterocycles. The van der Waals surface area contributed by atoms with Crippen LogP contribution in [0.5, 0.6) is 0 Å². The van der Waals surface area contributed by atoms with Crippen LogP contribution in [0, 0.1) is 13.8 Å². The minimum absolute atomic E-state index is 0.333. The standard InChI is InChI=1S/C16H24N2O/c1-13-5-3-6-14(2)16(13)11-15(19)12-18-9-4-7-17-8-10-18/h3,5-6,17H,4,7-12H2,1-2H3. The van der Waals surface area contributed by atoms with Gasteiger partial charge in [0.15, 0.2) is 5.78 Å². The highest BCUT2D eigenvalue weighted by Gasteiger charge is 2.14. The summed E-state index contributed by atoms with van der Waals surface area (Å²) >= 11 is 0. The van der Waals surface area contributed by atoms with E-state index in [1.807, 2.05) is 0 Å². The quantitative estimate of drug-likeness (QED) is 0.894. The number of carbonyl (C=O) groups is 1. The smallest absolute Gasteiger partial charge is 0.151 e. The zero-order valence-electron chi connectivity index (χ0n) is 12.0. The second-order valence-corrected chi connectivity index (χ2v) is 5.47. The molecule has 0 spiro atoms. The van der Waals surface area contributed by atoms with Crippen LogP contribution in [0.4, 0.5) is 0 Å². The number of carbonyl (C=O) groups excluding carboxylic acids is 1. The van der Waals surface area contributed by atoms with Crippen molar-refractivity contribution in [3.63, 3.8) is 0 Å². The summed E-state index contributed by atoms with van der Waals surface area (Å²) in [5.41, 5.74) is 3.66. The Labute approximate surface area is 116 Å². The van der Waals surface area contributed by atoms with Gasteiger partial charge in [0, 0.05) is 19.5 Å². The fraction of sp³-hybridized carbons (Fsp3) is 0.562. The predicted molar refractivity (Wildman–Crippen MR) is 78.6 cm³/mol. The maximum absolute atomic E-state index is 12.2. The van der Waals surface area contributed by atoms with Crippen molar-refractivity contribution in [3.05, 3.63) is 34.9 Å². The molecular formula is C16H24N2O. The molecule has 2 rings (SSSR count). The normalized spacial score (nSPS) is 17.2. The van der Waals surface area contributed by atoms with Gasteiger partial charge in [0.05, 0.1) is 6.54 Å². The first-order valence-electron chi connectivity index (χ1n) is 7.16. The van der Waals surface area contributed by atoms with E-state index in [1.54, 1.807) is 0 Å². The molecule has 1 saturated heterocycles. The van der Waals surface area contributed by atoms with E-state index in [-0.39, 0.29) is 0 Å². The Balaban J connectivity index is 1.93. The Morgan fingerprint density at radius 2 is 1.95 bits per heavy atom. The van der Waals surface area contributed by atoms with E-state index in [0.717, 1.165) is 32.6 Å². The second kappa shape index (κ2) is 6.83. The summed E-state index contributed by atoms with van der Waals surface area (Å²) in [6.07, 6.45) is 1.71. The first kappa shape index (κ1) is 14.2. The third-order valence-electron chi connectivity index (χ3n) is 3.85. The van der Waals surface area contributed by atoms with Gasteiger partial charge in [-0.2, -0.15) is 0 Å². The van der Waals surface area contributed by atoms with Gasteiger partial charge in [-0.3, -0.25) is 9.69 Å². The van der Waals surface area contributed by atoms with Crippen molar-refractivity contribution in [1.82, 2.24) is 10.2 Å². The summed E-state index contributed by atoms with van der Waals surface area (Å²) < 4.78 is 0. The second-order valence-electron chi connectivity index (χ2n) is 5.47. The van der Waals surface area contributed by atoms with Crippen LogP contribution in [0.1, 0.15) is 23.1 Å². The lowest BCUT2D eigenvalue weighted by Crippen LogP contribution is -2.33. The van der Waals surface area contributed by atoms with Crippen LogP contribution in [-0.2, 0) is 11.2 Å². The Morgan fingerprint density at radius 1 is 1.21 bits per heavy atom. The fourth-order valence-corrected chi connectivity index (χ4v) is 2.69. The van der Waals surface area contributed by atoms with Crippen molar-refractivity contribution in [2.75, 3.05) is 32.7 Å². The fourth-order valence-electron chi connectivity index (χ4n) is 2.69. The molecule has 1 aromatic carbocycles. The molecule has 104 valence electrons. The molecule has 0 aliphatic carbocycles. The van der Waals surface area contributed by atoms with Crippen LogP contribution >= 0.6 is 0 Å². The van der Waals surface area contributed by atoms with Crippen LogP contribution in [0.25, 0.3) is 0 Å². The van der Waals surface area contributed by atoms with Crippen LogP contribution in [0.15, 0.2) is 18.2 Å². The molecule has 1 N–H and O–H groups in total. The molecule has 0 radical (unpaired) electrons. The van der Waals surface area contributed by atoms with E-state index in [0.29, 0.717) is 18.7 Å². The summed E-state index contributed by atoms with van der Waals surface area (Å²) in [5.74, 6) is 0.333. The van der Waals surface area contributed by atoms with E-state index < -0.39 is 0 Å². The Hall–Kier alpha value is -1.19. The maximum atomic E-state index is 12.2.